The van der Waals surface area contributed by atoms with Crippen LogP contribution < -0.4 is 14.8 Å². The van der Waals surface area contributed by atoms with E-state index in [2.05, 4.69) is 29.4 Å². The molecule has 0 bridgehead atoms. The van der Waals surface area contributed by atoms with Crippen molar-refractivity contribution in [2.24, 2.45) is 0 Å². The summed E-state index contributed by atoms with van der Waals surface area (Å²) < 4.78 is 10.9. The Morgan fingerprint density at radius 3 is 2.25 bits per heavy atom. The molecule has 2 amide bonds. The average Bonchev–Trinajstić information content (AvgIpc) is 3.05. The molecule has 0 fully saturated rings. The summed E-state index contributed by atoms with van der Waals surface area (Å²) in [5.74, 6) is 2.13. The molecule has 36 heavy (non-hydrogen) atoms. The largest absolute Gasteiger partial charge is 0.493 e. The van der Waals surface area contributed by atoms with Gasteiger partial charge in [0.25, 0.3) is 0 Å². The fourth-order valence-electron chi connectivity index (χ4n) is 5.14. The molecule has 1 aliphatic heterocycles. The molecule has 0 radical (unpaired) electrons. The van der Waals surface area contributed by atoms with Crippen molar-refractivity contribution in [1.82, 2.24) is 15.1 Å². The third-order valence-corrected chi connectivity index (χ3v) is 7.16. The molecular formula is C27H36ClN3O5. The minimum absolute atomic E-state index is 0. The van der Waals surface area contributed by atoms with Gasteiger partial charge in [-0.15, -0.1) is 12.4 Å². The molecule has 4 rings (SSSR count). The second-order valence-electron chi connectivity index (χ2n) is 9.46. The first kappa shape index (κ1) is 27.6. The van der Waals surface area contributed by atoms with Crippen molar-refractivity contribution >= 4 is 24.4 Å². The number of amides is 2. The fourth-order valence-corrected chi connectivity index (χ4v) is 5.14. The molecular weight excluding hydrogens is 482 g/mol. The number of nitrogens with zero attached hydrogens (tertiary/aromatic N) is 2. The van der Waals surface area contributed by atoms with E-state index in [1.54, 1.807) is 14.2 Å². The van der Waals surface area contributed by atoms with Gasteiger partial charge in [0.05, 0.1) is 14.2 Å². The first-order valence-electron chi connectivity index (χ1n) is 12.2. The standard InChI is InChI=1S/C27H35N3O5.ClH/c1-29(17-22-13-21-12-18(4-5-23(21)22)16-28-27(32)33)9-8-26(31)30-10-6-19-14-24(34-2)25(35-3)15-20(19)7-11-30;/h4-5,12,14-15,22,28H,6-11,13,16-17H2,1-3H3,(H,32,33);1H. The van der Waals surface area contributed by atoms with Gasteiger partial charge in [-0.1, -0.05) is 18.2 Å². The fraction of sp³-hybridized carbons (Fsp3) is 0.481. The molecule has 0 saturated heterocycles. The zero-order valence-electron chi connectivity index (χ0n) is 21.2. The summed E-state index contributed by atoms with van der Waals surface area (Å²) in [6.07, 6.45) is 2.14. The summed E-state index contributed by atoms with van der Waals surface area (Å²) in [5, 5.41) is 11.2. The van der Waals surface area contributed by atoms with Crippen molar-refractivity contribution in [1.29, 1.82) is 0 Å². The number of benzene rings is 2. The van der Waals surface area contributed by atoms with Gasteiger partial charge in [0.2, 0.25) is 5.91 Å². The van der Waals surface area contributed by atoms with Crippen LogP contribution in [0.5, 0.6) is 11.5 Å². The van der Waals surface area contributed by atoms with E-state index in [1.807, 2.05) is 23.1 Å². The predicted molar refractivity (Wildman–Crippen MR) is 141 cm³/mol. The maximum absolute atomic E-state index is 13.0. The molecule has 0 aromatic heterocycles. The van der Waals surface area contributed by atoms with Crippen LogP contribution in [0.3, 0.4) is 0 Å². The van der Waals surface area contributed by atoms with Gasteiger partial charge < -0.3 is 29.7 Å². The lowest BCUT2D eigenvalue weighted by Gasteiger charge is -2.34. The highest BCUT2D eigenvalue weighted by Gasteiger charge is 2.28. The Hall–Kier alpha value is -2.97. The molecule has 2 aromatic carbocycles. The Morgan fingerprint density at radius 2 is 1.69 bits per heavy atom. The summed E-state index contributed by atoms with van der Waals surface area (Å²) in [5.41, 5.74) is 6.06. The van der Waals surface area contributed by atoms with Crippen LogP contribution in [0.1, 0.15) is 40.2 Å². The highest BCUT2D eigenvalue weighted by molar-refractivity contribution is 5.85. The van der Waals surface area contributed by atoms with E-state index in [4.69, 9.17) is 14.6 Å². The smallest absolute Gasteiger partial charge is 0.404 e. The van der Waals surface area contributed by atoms with Gasteiger partial charge in [-0.25, -0.2) is 4.79 Å². The number of nitrogens with one attached hydrogen (secondary N) is 1. The van der Waals surface area contributed by atoms with Gasteiger partial charge in [-0.05, 0) is 66.3 Å². The Bertz CT molecular complexity index is 1060. The highest BCUT2D eigenvalue weighted by atomic mass is 35.5. The molecule has 2 aliphatic rings. The van der Waals surface area contributed by atoms with Gasteiger partial charge in [0.1, 0.15) is 0 Å². The maximum Gasteiger partial charge on any atom is 0.404 e. The second kappa shape index (κ2) is 12.3. The third-order valence-electron chi connectivity index (χ3n) is 7.16. The van der Waals surface area contributed by atoms with Gasteiger partial charge in [-0.2, -0.15) is 0 Å². The molecule has 0 spiro atoms. The number of likely N-dealkylation sites (N-methyl/N-ethyl adjacent to an activating group) is 1. The van der Waals surface area contributed by atoms with Crippen LogP contribution in [0.4, 0.5) is 4.79 Å². The molecule has 8 nitrogen and oxygen atoms in total. The lowest BCUT2D eigenvalue weighted by atomic mass is 9.76. The van der Waals surface area contributed by atoms with Gasteiger partial charge >= 0.3 is 6.09 Å². The lowest BCUT2D eigenvalue weighted by Crippen LogP contribution is -2.37. The molecule has 1 unspecified atom stereocenters. The zero-order chi connectivity index (χ0) is 24.9. The molecule has 2 N–H and O–H groups in total. The van der Waals surface area contributed by atoms with Gasteiger partial charge in [0.15, 0.2) is 11.5 Å². The van der Waals surface area contributed by atoms with Crippen LogP contribution >= 0.6 is 12.4 Å². The van der Waals surface area contributed by atoms with E-state index in [0.29, 0.717) is 18.9 Å². The number of fused-ring (bicyclic) bond motifs is 2. The van der Waals surface area contributed by atoms with E-state index < -0.39 is 6.09 Å². The minimum atomic E-state index is -1.01. The SMILES string of the molecule is COc1cc2c(cc1OC)CCN(C(=O)CCN(C)CC1Cc3cc(CNC(=O)O)ccc31)CC2.Cl. The summed E-state index contributed by atoms with van der Waals surface area (Å²) in [6.45, 7) is 3.42. The first-order valence-corrected chi connectivity index (χ1v) is 12.2. The minimum Gasteiger partial charge on any atom is -0.493 e. The Balaban J connectivity index is 0.00000361. The third kappa shape index (κ3) is 6.42. The maximum atomic E-state index is 13.0. The van der Waals surface area contributed by atoms with Crippen LogP contribution in [0.2, 0.25) is 0 Å². The number of methoxy groups -OCH3 is 2. The normalized spacial score (nSPS) is 16.1. The molecule has 0 saturated carbocycles. The Kier molecular flexibility index (Phi) is 9.45. The monoisotopic (exact) mass is 517 g/mol. The van der Waals surface area contributed by atoms with Crippen LogP contribution in [0, 0.1) is 0 Å². The van der Waals surface area contributed by atoms with E-state index in [-0.39, 0.29) is 18.3 Å². The molecule has 1 aliphatic carbocycles. The number of carbonyl (C=O) groups excluding carboxylic acids is 1. The summed E-state index contributed by atoms with van der Waals surface area (Å²) in [6, 6.07) is 10.3. The van der Waals surface area contributed by atoms with E-state index in [1.165, 1.54) is 22.3 Å². The van der Waals surface area contributed by atoms with Crippen LogP contribution in [0.25, 0.3) is 0 Å². The molecule has 196 valence electrons. The number of halogens is 1. The van der Waals surface area contributed by atoms with Crippen molar-refractivity contribution in [3.05, 3.63) is 58.1 Å². The molecule has 2 aromatic rings. The Labute approximate surface area is 219 Å². The van der Waals surface area contributed by atoms with Crippen LogP contribution in [0.15, 0.2) is 30.3 Å². The van der Waals surface area contributed by atoms with Crippen molar-refractivity contribution in [3.8, 4) is 11.5 Å². The summed E-state index contributed by atoms with van der Waals surface area (Å²) in [4.78, 5) is 27.9. The first-order chi connectivity index (χ1) is 16.9. The van der Waals surface area contributed by atoms with Crippen molar-refractivity contribution < 1.29 is 24.2 Å². The molecule has 1 heterocycles. The molecule has 9 heteroatoms. The van der Waals surface area contributed by atoms with Gasteiger partial charge in [0, 0.05) is 45.1 Å². The van der Waals surface area contributed by atoms with Crippen molar-refractivity contribution in [2.45, 2.75) is 38.1 Å². The Morgan fingerprint density at radius 1 is 1.06 bits per heavy atom. The highest BCUT2D eigenvalue weighted by Crippen LogP contribution is 2.36. The van der Waals surface area contributed by atoms with E-state index in [9.17, 15) is 9.59 Å². The number of carbonyl (C=O) groups is 2. The topological polar surface area (TPSA) is 91.3 Å². The van der Waals surface area contributed by atoms with Crippen LogP contribution in [-0.4, -0.2) is 74.4 Å². The van der Waals surface area contributed by atoms with Crippen LogP contribution in [-0.2, 0) is 30.6 Å². The number of hydrogen-bond donors (Lipinski definition) is 2. The van der Waals surface area contributed by atoms with E-state index in [0.717, 1.165) is 62.5 Å². The van der Waals surface area contributed by atoms with Crippen molar-refractivity contribution in [2.75, 3.05) is 47.4 Å². The van der Waals surface area contributed by atoms with Gasteiger partial charge in [-0.3, -0.25) is 4.79 Å². The van der Waals surface area contributed by atoms with Crippen molar-refractivity contribution in [3.63, 3.8) is 0 Å². The number of carboxylic acid groups (broad SMARTS) is 1. The number of rotatable bonds is 9. The second-order valence-corrected chi connectivity index (χ2v) is 9.46. The summed E-state index contributed by atoms with van der Waals surface area (Å²) in [7, 11) is 5.37. The number of ether oxygens (including phenoxy) is 2. The average molecular weight is 518 g/mol. The molecule has 1 atom stereocenters. The predicted octanol–water partition coefficient (Wildman–Crippen LogP) is 3.48. The lowest BCUT2D eigenvalue weighted by molar-refractivity contribution is -0.131. The number of hydrogen-bond acceptors (Lipinski definition) is 5. The summed E-state index contributed by atoms with van der Waals surface area (Å²) >= 11 is 0. The zero-order valence-corrected chi connectivity index (χ0v) is 22.0. The van der Waals surface area contributed by atoms with E-state index >= 15 is 0 Å². The quantitative estimate of drug-likeness (QED) is 0.529.